The first kappa shape index (κ1) is 26.8. The molecule has 0 aliphatic carbocycles. The summed E-state index contributed by atoms with van der Waals surface area (Å²) in [5, 5.41) is 8.93. The highest BCUT2D eigenvalue weighted by molar-refractivity contribution is 6.03. The highest BCUT2D eigenvalue weighted by Gasteiger charge is 2.35. The van der Waals surface area contributed by atoms with E-state index in [1.54, 1.807) is 23.1 Å². The summed E-state index contributed by atoms with van der Waals surface area (Å²) in [4.78, 5) is 30.4. The van der Waals surface area contributed by atoms with Crippen molar-refractivity contribution in [1.82, 2.24) is 20.1 Å². The second-order valence-corrected chi connectivity index (χ2v) is 9.50. The van der Waals surface area contributed by atoms with E-state index in [0.29, 0.717) is 50.5 Å². The third-order valence-corrected chi connectivity index (χ3v) is 6.74. The van der Waals surface area contributed by atoms with E-state index in [9.17, 15) is 14.0 Å². The average molecular weight is 510 g/mol. The first-order valence-electron chi connectivity index (χ1n) is 13.0. The van der Waals surface area contributed by atoms with Gasteiger partial charge in [-0.15, -0.1) is 0 Å². The van der Waals surface area contributed by atoms with Gasteiger partial charge in [-0.25, -0.2) is 14.2 Å². The third kappa shape index (κ3) is 6.93. The predicted octanol–water partition coefficient (Wildman–Crippen LogP) is 3.57. The van der Waals surface area contributed by atoms with Crippen LogP contribution in [0, 0.1) is 12.7 Å². The zero-order valence-corrected chi connectivity index (χ0v) is 21.7. The maximum absolute atomic E-state index is 14.6. The number of urea groups is 1. The molecule has 1 N–H and O–H groups in total. The summed E-state index contributed by atoms with van der Waals surface area (Å²) in [7, 11) is 0. The summed E-state index contributed by atoms with van der Waals surface area (Å²) in [5.41, 5.74) is 2.94. The molecule has 0 saturated carbocycles. The summed E-state index contributed by atoms with van der Waals surface area (Å²) in [5.74, 6) is -0.671. The van der Waals surface area contributed by atoms with Crippen LogP contribution in [-0.4, -0.2) is 84.9 Å². The minimum Gasteiger partial charge on any atom is -0.379 e. The van der Waals surface area contributed by atoms with Crippen LogP contribution >= 0.6 is 0 Å². The molecule has 0 radical (unpaired) electrons. The van der Waals surface area contributed by atoms with E-state index >= 15 is 0 Å². The Morgan fingerprint density at radius 2 is 1.86 bits per heavy atom. The topological polar surface area (TPSA) is 77.5 Å². The van der Waals surface area contributed by atoms with Crippen LogP contribution in [0.5, 0.6) is 0 Å². The highest BCUT2D eigenvalue weighted by atomic mass is 19.1. The number of carbonyl (C=O) groups excluding carboxylic acids is 2. The van der Waals surface area contributed by atoms with Crippen molar-refractivity contribution in [2.45, 2.75) is 32.7 Å². The van der Waals surface area contributed by atoms with Crippen molar-refractivity contribution >= 4 is 17.6 Å². The first-order chi connectivity index (χ1) is 18.0. The number of morpholine rings is 1. The predicted molar refractivity (Wildman–Crippen MR) is 141 cm³/mol. The number of nitrogens with zero attached hydrogens (tertiary/aromatic N) is 4. The fraction of sp³-hybridized carbons (Fsp3) is 0.464. The number of carbonyl (C=O) groups is 2. The summed E-state index contributed by atoms with van der Waals surface area (Å²) < 4.78 is 20.0. The summed E-state index contributed by atoms with van der Waals surface area (Å²) in [6, 6.07) is 13.8. The number of ether oxygens (including phenoxy) is 1. The fourth-order valence-corrected chi connectivity index (χ4v) is 4.57. The summed E-state index contributed by atoms with van der Waals surface area (Å²) in [6.45, 7) is 8.41. The van der Waals surface area contributed by atoms with E-state index in [-0.39, 0.29) is 30.3 Å². The number of nitrogens with one attached hydrogen (secondary N) is 1. The quantitative estimate of drug-likeness (QED) is 0.561. The summed E-state index contributed by atoms with van der Waals surface area (Å²) >= 11 is 0. The number of hydrogen-bond donors (Lipinski definition) is 1. The van der Waals surface area contributed by atoms with E-state index in [0.717, 1.165) is 30.6 Å². The van der Waals surface area contributed by atoms with Gasteiger partial charge in [0.15, 0.2) is 0 Å². The molecule has 2 aliphatic heterocycles. The molecule has 9 heteroatoms. The number of halogens is 1. The Kier molecular flexibility index (Phi) is 9.24. The Bertz CT molecular complexity index is 1100. The minimum absolute atomic E-state index is 0.115. The highest BCUT2D eigenvalue weighted by Crippen LogP contribution is 2.33. The molecule has 2 aromatic carbocycles. The van der Waals surface area contributed by atoms with Gasteiger partial charge in [0.05, 0.1) is 25.0 Å². The molecule has 198 valence electrons. The maximum Gasteiger partial charge on any atom is 0.317 e. The average Bonchev–Trinajstić information content (AvgIpc) is 3.36. The molecule has 2 aliphatic rings. The van der Waals surface area contributed by atoms with Crippen molar-refractivity contribution in [3.05, 3.63) is 71.0 Å². The smallest absolute Gasteiger partial charge is 0.317 e. The van der Waals surface area contributed by atoms with Gasteiger partial charge in [-0.2, -0.15) is 5.10 Å². The SMILES string of the molecule is CCCNC(=O)N(CCN1CCOCC1)CC(=O)N1N=C(c2ccccc2F)C[C@H]1c1ccc(C)cc1. The molecule has 8 nitrogen and oxygen atoms in total. The normalized spacial score (nSPS) is 18.0. The van der Waals surface area contributed by atoms with Crippen molar-refractivity contribution in [1.29, 1.82) is 0 Å². The molecule has 0 spiro atoms. The van der Waals surface area contributed by atoms with Gasteiger partial charge in [0, 0.05) is 44.7 Å². The monoisotopic (exact) mass is 509 g/mol. The Labute approximate surface area is 218 Å². The summed E-state index contributed by atoms with van der Waals surface area (Å²) in [6.07, 6.45) is 1.19. The van der Waals surface area contributed by atoms with Gasteiger partial charge in [0.25, 0.3) is 5.91 Å². The number of hydrazone groups is 1. The van der Waals surface area contributed by atoms with Crippen LogP contribution in [0.15, 0.2) is 53.6 Å². The number of amides is 3. The Balaban J connectivity index is 1.55. The molecule has 2 aromatic rings. The standard InChI is InChI=1S/C28H36FN5O3/c1-3-12-30-28(36)33(14-13-32-15-17-37-18-16-32)20-27(35)34-26(22-10-8-21(2)9-11-22)19-25(31-34)23-6-4-5-7-24(23)29/h4-11,26H,3,12-20H2,1-2H3,(H,30,36)/t26-/m0/s1. The number of benzene rings is 2. The molecule has 1 fully saturated rings. The van der Waals surface area contributed by atoms with E-state index < -0.39 is 0 Å². The maximum atomic E-state index is 14.6. The molecule has 1 atom stereocenters. The van der Waals surface area contributed by atoms with Gasteiger partial charge in [0.2, 0.25) is 0 Å². The van der Waals surface area contributed by atoms with Crippen molar-refractivity contribution in [2.75, 3.05) is 52.5 Å². The van der Waals surface area contributed by atoms with Crippen LogP contribution in [0.3, 0.4) is 0 Å². The number of aryl methyl sites for hydroxylation is 1. The fourth-order valence-electron chi connectivity index (χ4n) is 4.57. The molecule has 3 amide bonds. The van der Waals surface area contributed by atoms with Crippen molar-refractivity contribution in [3.63, 3.8) is 0 Å². The zero-order chi connectivity index (χ0) is 26.2. The van der Waals surface area contributed by atoms with Gasteiger partial charge in [-0.3, -0.25) is 9.69 Å². The van der Waals surface area contributed by atoms with Crippen molar-refractivity contribution < 1.29 is 18.7 Å². The lowest BCUT2D eigenvalue weighted by molar-refractivity contribution is -0.133. The van der Waals surface area contributed by atoms with Gasteiger partial charge in [-0.1, -0.05) is 55.0 Å². The van der Waals surface area contributed by atoms with Crippen LogP contribution < -0.4 is 5.32 Å². The van der Waals surface area contributed by atoms with Crippen molar-refractivity contribution in [2.24, 2.45) is 5.10 Å². The van der Waals surface area contributed by atoms with Crippen LogP contribution in [0.2, 0.25) is 0 Å². The van der Waals surface area contributed by atoms with Crippen LogP contribution in [0.1, 0.15) is 42.5 Å². The lowest BCUT2D eigenvalue weighted by Gasteiger charge is -2.31. The number of hydrogen-bond acceptors (Lipinski definition) is 5. The van der Waals surface area contributed by atoms with Gasteiger partial charge >= 0.3 is 6.03 Å². The number of rotatable bonds is 9. The van der Waals surface area contributed by atoms with Crippen molar-refractivity contribution in [3.8, 4) is 0 Å². The van der Waals surface area contributed by atoms with Crippen LogP contribution in [-0.2, 0) is 9.53 Å². The van der Waals surface area contributed by atoms with E-state index in [1.807, 2.05) is 38.1 Å². The molecule has 0 unspecified atom stereocenters. The lowest BCUT2D eigenvalue weighted by Crippen LogP contribution is -2.49. The molecule has 0 bridgehead atoms. The Morgan fingerprint density at radius 1 is 1.14 bits per heavy atom. The van der Waals surface area contributed by atoms with Gasteiger partial charge in [0.1, 0.15) is 12.4 Å². The lowest BCUT2D eigenvalue weighted by atomic mass is 9.97. The molecule has 2 heterocycles. The second kappa shape index (κ2) is 12.8. The Morgan fingerprint density at radius 3 is 2.57 bits per heavy atom. The molecule has 1 saturated heterocycles. The minimum atomic E-state index is -0.373. The van der Waals surface area contributed by atoms with E-state index in [4.69, 9.17) is 4.74 Å². The Hall–Kier alpha value is -3.30. The van der Waals surface area contributed by atoms with E-state index in [2.05, 4.69) is 15.3 Å². The third-order valence-electron chi connectivity index (χ3n) is 6.74. The molecule has 4 rings (SSSR count). The van der Waals surface area contributed by atoms with Crippen LogP contribution in [0.4, 0.5) is 9.18 Å². The van der Waals surface area contributed by atoms with E-state index in [1.165, 1.54) is 11.1 Å². The van der Waals surface area contributed by atoms with Gasteiger partial charge < -0.3 is 15.0 Å². The molecular weight excluding hydrogens is 473 g/mol. The molecular formula is C28H36FN5O3. The second-order valence-electron chi connectivity index (χ2n) is 9.50. The first-order valence-corrected chi connectivity index (χ1v) is 13.0. The van der Waals surface area contributed by atoms with Crippen LogP contribution in [0.25, 0.3) is 0 Å². The zero-order valence-electron chi connectivity index (χ0n) is 21.7. The molecule has 37 heavy (non-hydrogen) atoms. The van der Waals surface area contributed by atoms with Gasteiger partial charge in [-0.05, 0) is 25.0 Å². The largest absolute Gasteiger partial charge is 0.379 e. The molecule has 0 aromatic heterocycles.